The van der Waals surface area contributed by atoms with Crippen molar-refractivity contribution < 1.29 is 57.0 Å². The molecule has 0 bridgehead atoms. The monoisotopic (exact) mass is 869 g/mol. The van der Waals surface area contributed by atoms with Gasteiger partial charge in [-0.25, -0.2) is 0 Å². The van der Waals surface area contributed by atoms with Gasteiger partial charge in [-0.15, -0.1) is 0 Å². The summed E-state index contributed by atoms with van der Waals surface area (Å²) in [6.45, 7) is 14.0. The third-order valence-electron chi connectivity index (χ3n) is 11.7. The molecule has 4 saturated heterocycles. The summed E-state index contributed by atoms with van der Waals surface area (Å²) in [6, 6.07) is 19.3. The minimum absolute atomic E-state index is 0.156. The van der Waals surface area contributed by atoms with E-state index in [1.165, 1.54) is 0 Å². The Bertz CT molecular complexity index is 1510. The third kappa shape index (κ3) is 14.2. The van der Waals surface area contributed by atoms with Crippen LogP contribution in [0.25, 0.3) is 0 Å². The molecule has 4 heterocycles. The summed E-state index contributed by atoms with van der Waals surface area (Å²) in [5.74, 6) is -2.14. The van der Waals surface area contributed by atoms with E-state index in [1.807, 2.05) is 102 Å². The van der Waals surface area contributed by atoms with Gasteiger partial charge in [0.1, 0.15) is 36.6 Å². The van der Waals surface area contributed by atoms with E-state index in [0.29, 0.717) is 26.4 Å². The highest BCUT2D eigenvalue weighted by Crippen LogP contribution is 2.42. The number of unbranched alkanes of at least 4 members (excludes halogenated alkanes) is 7. The Hall–Kier alpha value is -3.02. The fourth-order valence-corrected chi connectivity index (χ4v) is 8.86. The van der Waals surface area contributed by atoms with Crippen LogP contribution in [-0.2, 0) is 70.2 Å². The van der Waals surface area contributed by atoms with Gasteiger partial charge in [-0.05, 0) is 78.6 Å². The molecule has 2 aromatic carbocycles. The minimum atomic E-state index is -0.791. The second-order valence-electron chi connectivity index (χ2n) is 17.6. The number of esters is 2. The molecule has 62 heavy (non-hydrogen) atoms. The molecule has 2 N–H and O–H groups in total. The van der Waals surface area contributed by atoms with Crippen LogP contribution in [-0.4, -0.2) is 111 Å². The molecule has 346 valence electrons. The second-order valence-corrected chi connectivity index (χ2v) is 17.6. The van der Waals surface area contributed by atoms with Gasteiger partial charge in [-0.1, -0.05) is 99.2 Å². The summed E-state index contributed by atoms with van der Waals surface area (Å²) < 4.78 is 61.3. The van der Waals surface area contributed by atoms with E-state index in [2.05, 4.69) is 10.6 Å². The van der Waals surface area contributed by atoms with Gasteiger partial charge in [0.25, 0.3) is 0 Å². The first-order chi connectivity index (χ1) is 29.9. The summed E-state index contributed by atoms with van der Waals surface area (Å²) in [7, 11) is 0. The molecule has 4 aliphatic rings. The molecule has 2 aromatic rings. The van der Waals surface area contributed by atoms with E-state index in [4.69, 9.17) is 47.4 Å². The molecule has 0 amide bonds. The van der Waals surface area contributed by atoms with Gasteiger partial charge in [0.15, 0.2) is 24.2 Å². The molecule has 0 aliphatic carbocycles. The van der Waals surface area contributed by atoms with Crippen LogP contribution in [0.5, 0.6) is 0 Å². The number of ether oxygens (including phenoxy) is 10. The third-order valence-corrected chi connectivity index (χ3v) is 11.7. The van der Waals surface area contributed by atoms with E-state index in [-0.39, 0.29) is 36.9 Å². The minimum Gasteiger partial charge on any atom is -0.466 e. The lowest BCUT2D eigenvalue weighted by Gasteiger charge is -2.31. The fraction of sp³-hybridized carbons (Fsp3) is 0.708. The SMILES string of the molecule is CCOC(=O)C[C@H](NCCCCCCCCCCN[C@@H](CC(=O)OCC)C1O[C@@H]2OC(C)(C)O[C@@H]2[C@H]1OCc1ccccc1)C1O[C@@H]2OC(C)(C)O[C@@H]2[C@H]1OCc1ccccc1. The van der Waals surface area contributed by atoms with Crippen LogP contribution in [0.3, 0.4) is 0 Å². The van der Waals surface area contributed by atoms with Crippen LogP contribution in [0.4, 0.5) is 0 Å². The Balaban J connectivity index is 0.915. The van der Waals surface area contributed by atoms with Gasteiger partial charge in [0.2, 0.25) is 0 Å². The van der Waals surface area contributed by atoms with Gasteiger partial charge in [0, 0.05) is 12.1 Å². The van der Waals surface area contributed by atoms with Crippen molar-refractivity contribution in [1.29, 1.82) is 0 Å². The maximum atomic E-state index is 12.8. The Morgan fingerprint density at radius 3 is 1.31 bits per heavy atom. The first-order valence-corrected chi connectivity index (χ1v) is 23.1. The molecular weight excluding hydrogens is 797 g/mol. The van der Waals surface area contributed by atoms with E-state index in [0.717, 1.165) is 75.6 Å². The maximum Gasteiger partial charge on any atom is 0.307 e. The number of carbonyl (C=O) groups excluding carboxylic acids is 2. The number of rotatable bonds is 27. The van der Waals surface area contributed by atoms with Crippen molar-refractivity contribution in [2.24, 2.45) is 0 Å². The largest absolute Gasteiger partial charge is 0.466 e. The zero-order valence-corrected chi connectivity index (χ0v) is 37.8. The summed E-state index contributed by atoms with van der Waals surface area (Å²) in [5.41, 5.74) is 2.09. The lowest BCUT2D eigenvalue weighted by atomic mass is 9.99. The lowest BCUT2D eigenvalue weighted by molar-refractivity contribution is -0.223. The molecule has 14 nitrogen and oxygen atoms in total. The average Bonchev–Trinajstić information content (AvgIpc) is 3.93. The number of hydrogen-bond acceptors (Lipinski definition) is 14. The van der Waals surface area contributed by atoms with Gasteiger partial charge in [-0.2, -0.15) is 0 Å². The summed E-state index contributed by atoms with van der Waals surface area (Å²) >= 11 is 0. The molecule has 14 heteroatoms. The molecule has 0 aromatic heterocycles. The standard InChI is InChI=1S/C48H72N2O12/c1-7-53-37(51)29-35(39-41(55-31-33-23-17-15-18-24-33)43-45(57-39)61-47(3,4)59-43)49-27-21-13-11-9-10-12-14-22-28-50-36(30-38(52)54-8-2)40-42(56-32-34-25-19-16-20-26-34)44-46(58-40)62-48(5,6)60-44/h15-20,23-26,35-36,39-46,49-50H,7-14,21-22,27-32H2,1-6H3/t35-,36-,39?,40?,41-,42-,43+,44+,45+,46+/m0/s1. The lowest BCUT2D eigenvalue weighted by Crippen LogP contribution is -2.50. The highest BCUT2D eigenvalue weighted by Gasteiger charge is 2.58. The van der Waals surface area contributed by atoms with E-state index < -0.39 is 60.8 Å². The van der Waals surface area contributed by atoms with Crippen LogP contribution < -0.4 is 10.6 Å². The Kier molecular flexibility index (Phi) is 18.6. The number of carbonyl (C=O) groups is 2. The number of benzene rings is 2. The van der Waals surface area contributed by atoms with E-state index >= 15 is 0 Å². The average molecular weight is 869 g/mol. The first kappa shape index (κ1) is 48.4. The zero-order valence-electron chi connectivity index (χ0n) is 37.8. The zero-order chi connectivity index (χ0) is 44.0. The van der Waals surface area contributed by atoms with Crippen LogP contribution in [0.15, 0.2) is 60.7 Å². The van der Waals surface area contributed by atoms with Crippen molar-refractivity contribution in [1.82, 2.24) is 10.6 Å². The van der Waals surface area contributed by atoms with Gasteiger partial charge in [-0.3, -0.25) is 9.59 Å². The second kappa shape index (κ2) is 23.8. The molecule has 0 radical (unpaired) electrons. The molecule has 2 unspecified atom stereocenters. The van der Waals surface area contributed by atoms with Gasteiger partial charge < -0.3 is 58.0 Å². The molecule has 10 atom stereocenters. The van der Waals surface area contributed by atoms with Crippen molar-refractivity contribution in [3.63, 3.8) is 0 Å². The topological polar surface area (TPSA) is 150 Å². The van der Waals surface area contributed by atoms with E-state index in [9.17, 15) is 9.59 Å². The van der Waals surface area contributed by atoms with Crippen LogP contribution in [0.1, 0.15) is 117 Å². The van der Waals surface area contributed by atoms with Crippen LogP contribution >= 0.6 is 0 Å². The van der Waals surface area contributed by atoms with E-state index in [1.54, 1.807) is 0 Å². The predicted octanol–water partition coefficient (Wildman–Crippen LogP) is 6.85. The van der Waals surface area contributed by atoms with Crippen LogP contribution in [0, 0.1) is 0 Å². The molecule has 0 saturated carbocycles. The smallest absolute Gasteiger partial charge is 0.307 e. The number of fused-ring (bicyclic) bond motifs is 2. The Morgan fingerprint density at radius 2 is 0.935 bits per heavy atom. The molecule has 4 fully saturated rings. The molecule has 0 spiro atoms. The van der Waals surface area contributed by atoms with Crippen molar-refractivity contribution in [2.45, 2.75) is 192 Å². The predicted molar refractivity (Wildman–Crippen MR) is 230 cm³/mol. The summed E-state index contributed by atoms with van der Waals surface area (Å²) in [6.07, 6.45) is 5.16. The van der Waals surface area contributed by atoms with Crippen molar-refractivity contribution >= 4 is 11.9 Å². The molecule has 6 rings (SSSR count). The fourth-order valence-electron chi connectivity index (χ4n) is 8.86. The normalized spacial score (nSPS) is 28.0. The highest BCUT2D eigenvalue weighted by atomic mass is 16.9. The number of hydrogen-bond donors (Lipinski definition) is 2. The van der Waals surface area contributed by atoms with Gasteiger partial charge >= 0.3 is 11.9 Å². The Labute approximate surface area is 368 Å². The first-order valence-electron chi connectivity index (χ1n) is 23.1. The quantitative estimate of drug-likeness (QED) is 0.0712. The van der Waals surface area contributed by atoms with Crippen LogP contribution in [0.2, 0.25) is 0 Å². The maximum absolute atomic E-state index is 12.8. The highest BCUT2D eigenvalue weighted by molar-refractivity contribution is 5.70. The Morgan fingerprint density at radius 1 is 0.565 bits per heavy atom. The van der Waals surface area contributed by atoms with Crippen molar-refractivity contribution in [3.05, 3.63) is 71.8 Å². The number of nitrogens with one attached hydrogen (secondary N) is 2. The van der Waals surface area contributed by atoms with Crippen molar-refractivity contribution in [3.8, 4) is 0 Å². The van der Waals surface area contributed by atoms with Gasteiger partial charge in [0.05, 0.1) is 39.3 Å². The summed E-state index contributed by atoms with van der Waals surface area (Å²) in [5, 5.41) is 7.22. The molecular formula is C48H72N2O12. The summed E-state index contributed by atoms with van der Waals surface area (Å²) in [4.78, 5) is 25.6. The van der Waals surface area contributed by atoms with Crippen molar-refractivity contribution in [2.75, 3.05) is 26.3 Å². The molecule has 4 aliphatic heterocycles.